The number of hydrogen-bond donors (Lipinski definition) is 1. The molecule has 8 heteroatoms. The number of carbonyl (C=O) groups excluding carboxylic acids is 1. The first-order chi connectivity index (χ1) is 14.4. The molecule has 0 saturated heterocycles. The van der Waals surface area contributed by atoms with E-state index in [0.29, 0.717) is 50.6 Å². The second-order valence-corrected chi connectivity index (χ2v) is 7.28. The number of aromatic hydroxyl groups is 1. The maximum atomic E-state index is 11.5. The van der Waals surface area contributed by atoms with Crippen LogP contribution >= 0.6 is 23.2 Å². The van der Waals surface area contributed by atoms with Gasteiger partial charge >= 0.3 is 5.97 Å². The number of aromatic nitrogens is 1. The summed E-state index contributed by atoms with van der Waals surface area (Å²) < 4.78 is 10.1. The van der Waals surface area contributed by atoms with Crippen molar-refractivity contribution in [2.75, 3.05) is 13.7 Å². The molecule has 0 saturated carbocycles. The lowest BCUT2D eigenvalue weighted by Crippen LogP contribution is -2.13. The Labute approximate surface area is 183 Å². The molecule has 3 aromatic rings. The van der Waals surface area contributed by atoms with E-state index in [2.05, 4.69) is 9.72 Å². The molecular formula is C22H18Cl2N2O4. The van der Waals surface area contributed by atoms with Gasteiger partial charge in [0.2, 0.25) is 0 Å². The minimum absolute atomic E-state index is 0.0420. The molecule has 0 radical (unpaired) electrons. The summed E-state index contributed by atoms with van der Waals surface area (Å²) in [7, 11) is 1.26. The zero-order chi connectivity index (χ0) is 21.8. The molecule has 1 aromatic heterocycles. The fourth-order valence-corrected chi connectivity index (χ4v) is 3.57. The van der Waals surface area contributed by atoms with Crippen LogP contribution in [0.1, 0.15) is 29.3 Å². The van der Waals surface area contributed by atoms with E-state index in [9.17, 15) is 9.90 Å². The third kappa shape index (κ3) is 4.28. The van der Waals surface area contributed by atoms with Crippen molar-refractivity contribution < 1.29 is 19.4 Å². The Morgan fingerprint density at radius 3 is 2.63 bits per heavy atom. The average Bonchev–Trinajstić information content (AvgIpc) is 2.75. The zero-order valence-corrected chi connectivity index (χ0v) is 17.8. The fraction of sp³-hybridized carbons (Fsp3) is 0.227. The lowest BCUT2D eigenvalue weighted by atomic mass is 9.97. The van der Waals surface area contributed by atoms with Gasteiger partial charge in [-0.2, -0.15) is 5.26 Å². The van der Waals surface area contributed by atoms with Gasteiger partial charge in [0.15, 0.2) is 6.61 Å². The van der Waals surface area contributed by atoms with Crippen molar-refractivity contribution in [2.45, 2.75) is 19.8 Å². The number of fused-ring (bicyclic) bond motifs is 1. The second-order valence-electron chi connectivity index (χ2n) is 6.47. The largest absolute Gasteiger partial charge is 0.507 e. The van der Waals surface area contributed by atoms with Crippen molar-refractivity contribution >= 4 is 40.1 Å². The highest BCUT2D eigenvalue weighted by atomic mass is 35.5. The van der Waals surface area contributed by atoms with Gasteiger partial charge in [-0.25, -0.2) is 4.79 Å². The standard InChI is InChI=1S/C22H18Cl2N2O4/c1-3-17-14(9-13-5-4-12(10-25)8-16(13)24)22(28)20-18(30-11-19(27)29-2)7-6-15(23)21(20)26-17/h4-8H,3,9,11H2,1-2H3,(H,26,28). The molecule has 0 unspecified atom stereocenters. The molecule has 0 aliphatic heterocycles. The van der Waals surface area contributed by atoms with Crippen LogP contribution in [0.15, 0.2) is 30.3 Å². The third-order valence-corrected chi connectivity index (χ3v) is 5.32. The molecule has 1 N–H and O–H groups in total. The fourth-order valence-electron chi connectivity index (χ4n) is 3.12. The molecule has 30 heavy (non-hydrogen) atoms. The predicted octanol–water partition coefficient (Wildman–Crippen LogP) is 4.82. The Balaban J connectivity index is 2.15. The highest BCUT2D eigenvalue weighted by molar-refractivity contribution is 6.35. The zero-order valence-electron chi connectivity index (χ0n) is 16.3. The van der Waals surface area contributed by atoms with Crippen LogP contribution in [0.5, 0.6) is 11.5 Å². The van der Waals surface area contributed by atoms with Crippen LogP contribution in [-0.2, 0) is 22.4 Å². The van der Waals surface area contributed by atoms with Crippen molar-refractivity contribution in [2.24, 2.45) is 0 Å². The predicted molar refractivity (Wildman–Crippen MR) is 114 cm³/mol. The molecule has 6 nitrogen and oxygen atoms in total. The number of hydrogen-bond acceptors (Lipinski definition) is 6. The highest BCUT2D eigenvalue weighted by Gasteiger charge is 2.20. The van der Waals surface area contributed by atoms with Crippen LogP contribution in [-0.4, -0.2) is 29.8 Å². The van der Waals surface area contributed by atoms with Crippen molar-refractivity contribution in [1.82, 2.24) is 4.98 Å². The monoisotopic (exact) mass is 444 g/mol. The quantitative estimate of drug-likeness (QED) is 0.547. The van der Waals surface area contributed by atoms with E-state index in [1.54, 1.807) is 30.3 Å². The van der Waals surface area contributed by atoms with E-state index in [4.69, 9.17) is 33.2 Å². The number of esters is 1. The van der Waals surface area contributed by atoms with Crippen LogP contribution in [0.3, 0.4) is 0 Å². The molecule has 0 aliphatic carbocycles. The summed E-state index contributed by atoms with van der Waals surface area (Å²) in [6.07, 6.45) is 0.849. The van der Waals surface area contributed by atoms with Crippen LogP contribution in [0.4, 0.5) is 0 Å². The van der Waals surface area contributed by atoms with Crippen molar-refractivity contribution in [3.05, 3.63) is 62.8 Å². The number of pyridine rings is 1. The van der Waals surface area contributed by atoms with Crippen LogP contribution in [0.25, 0.3) is 10.9 Å². The second kappa shape index (κ2) is 9.21. The minimum atomic E-state index is -0.555. The molecule has 2 aromatic carbocycles. The summed E-state index contributed by atoms with van der Waals surface area (Å²) in [4.78, 5) is 16.1. The van der Waals surface area contributed by atoms with Gasteiger partial charge in [-0.05, 0) is 36.2 Å². The molecule has 0 spiro atoms. The molecule has 3 rings (SSSR count). The summed E-state index contributed by atoms with van der Waals surface area (Å²) in [5.41, 5.74) is 2.80. The van der Waals surface area contributed by atoms with Gasteiger partial charge in [0, 0.05) is 22.7 Å². The minimum Gasteiger partial charge on any atom is -0.507 e. The summed E-state index contributed by atoms with van der Waals surface area (Å²) in [5, 5.41) is 21.3. The number of rotatable bonds is 6. The number of benzene rings is 2. The van der Waals surface area contributed by atoms with E-state index in [0.717, 1.165) is 5.56 Å². The number of ether oxygens (including phenoxy) is 2. The van der Waals surface area contributed by atoms with Crippen molar-refractivity contribution in [1.29, 1.82) is 5.26 Å². The Morgan fingerprint density at radius 2 is 2.00 bits per heavy atom. The van der Waals surface area contributed by atoms with E-state index in [1.165, 1.54) is 7.11 Å². The van der Waals surface area contributed by atoms with Gasteiger partial charge in [0.05, 0.1) is 34.7 Å². The van der Waals surface area contributed by atoms with Crippen LogP contribution in [0, 0.1) is 11.3 Å². The summed E-state index contributed by atoms with van der Waals surface area (Å²) in [6.45, 7) is 1.60. The number of methoxy groups -OCH3 is 1. The number of aryl methyl sites for hydroxylation is 1. The first-order valence-corrected chi connectivity index (χ1v) is 9.86. The topological polar surface area (TPSA) is 92.4 Å². The van der Waals surface area contributed by atoms with Gasteiger partial charge in [-0.1, -0.05) is 36.2 Å². The Morgan fingerprint density at radius 1 is 1.23 bits per heavy atom. The molecule has 154 valence electrons. The first kappa shape index (κ1) is 21.7. The molecule has 0 atom stereocenters. The smallest absolute Gasteiger partial charge is 0.343 e. The highest BCUT2D eigenvalue weighted by Crippen LogP contribution is 2.41. The molecule has 1 heterocycles. The maximum Gasteiger partial charge on any atom is 0.343 e. The number of nitrogens with zero attached hydrogens (tertiary/aromatic N) is 2. The van der Waals surface area contributed by atoms with Crippen molar-refractivity contribution in [3.8, 4) is 17.6 Å². The Bertz CT molecular complexity index is 1170. The molecule has 0 bridgehead atoms. The van der Waals surface area contributed by atoms with E-state index >= 15 is 0 Å². The van der Waals surface area contributed by atoms with Gasteiger partial charge in [-0.15, -0.1) is 0 Å². The number of nitriles is 1. The normalized spacial score (nSPS) is 10.6. The Hall–Kier alpha value is -3.01. The molecular weight excluding hydrogens is 427 g/mol. The lowest BCUT2D eigenvalue weighted by molar-refractivity contribution is -0.142. The van der Waals surface area contributed by atoms with E-state index in [1.807, 2.05) is 13.0 Å². The molecule has 0 amide bonds. The summed E-state index contributed by atoms with van der Waals surface area (Å²) in [6, 6.07) is 10.2. The molecule has 0 fully saturated rings. The van der Waals surface area contributed by atoms with Crippen LogP contribution < -0.4 is 4.74 Å². The van der Waals surface area contributed by atoms with Gasteiger partial charge in [0.1, 0.15) is 11.5 Å². The van der Waals surface area contributed by atoms with Crippen molar-refractivity contribution in [3.63, 3.8) is 0 Å². The lowest BCUT2D eigenvalue weighted by Gasteiger charge is -2.16. The average molecular weight is 445 g/mol. The SMILES string of the molecule is CCc1nc2c(Cl)ccc(OCC(=O)OC)c2c(O)c1Cc1ccc(C#N)cc1Cl. The van der Waals surface area contributed by atoms with E-state index < -0.39 is 5.97 Å². The van der Waals surface area contributed by atoms with Gasteiger partial charge in [0.25, 0.3) is 0 Å². The maximum absolute atomic E-state index is 11.5. The first-order valence-electron chi connectivity index (χ1n) is 9.10. The Kier molecular flexibility index (Phi) is 6.66. The van der Waals surface area contributed by atoms with Crippen LogP contribution in [0.2, 0.25) is 10.0 Å². The summed E-state index contributed by atoms with van der Waals surface area (Å²) >= 11 is 12.6. The van der Waals surface area contributed by atoms with E-state index in [-0.39, 0.29) is 18.1 Å². The third-order valence-electron chi connectivity index (χ3n) is 4.67. The summed E-state index contributed by atoms with van der Waals surface area (Å²) in [5.74, 6) is -0.334. The number of halogens is 2. The molecule has 0 aliphatic rings. The van der Waals surface area contributed by atoms with Gasteiger partial charge < -0.3 is 14.6 Å². The van der Waals surface area contributed by atoms with Gasteiger partial charge in [-0.3, -0.25) is 4.98 Å². The number of carbonyl (C=O) groups is 1.